The second-order valence-corrected chi connectivity index (χ2v) is 6.89. The molecule has 0 saturated heterocycles. The van der Waals surface area contributed by atoms with E-state index < -0.39 is 4.92 Å². The third-order valence-corrected chi connectivity index (χ3v) is 5.57. The summed E-state index contributed by atoms with van der Waals surface area (Å²) in [5.74, 6) is 0.0868. The van der Waals surface area contributed by atoms with Gasteiger partial charge in [0, 0.05) is 17.7 Å². The van der Waals surface area contributed by atoms with Crippen molar-refractivity contribution in [2.75, 3.05) is 0 Å². The van der Waals surface area contributed by atoms with E-state index >= 15 is 0 Å². The first-order valence-corrected chi connectivity index (χ1v) is 8.82. The van der Waals surface area contributed by atoms with E-state index in [9.17, 15) is 10.1 Å². The largest absolute Gasteiger partial charge is 0.390 e. The Morgan fingerprint density at radius 3 is 1.93 bits per heavy atom. The molecule has 0 amide bonds. The monoisotopic (exact) mass is 356 g/mol. The lowest BCUT2D eigenvalue weighted by Gasteiger charge is -2.21. The minimum Gasteiger partial charge on any atom is -0.390 e. The number of hydrogen-bond donors (Lipinski definition) is 0. The first-order chi connectivity index (χ1) is 13.2. The van der Waals surface area contributed by atoms with Crippen molar-refractivity contribution in [1.82, 2.24) is 0 Å². The summed E-state index contributed by atoms with van der Waals surface area (Å²) in [6.07, 6.45) is -0.0625. The summed E-state index contributed by atoms with van der Waals surface area (Å²) in [4.78, 5) is 16.4. The Labute approximate surface area is 156 Å². The highest BCUT2D eigenvalue weighted by molar-refractivity contribution is 6.07. The Morgan fingerprint density at radius 1 is 0.852 bits per heavy atom. The maximum absolute atomic E-state index is 10.9. The van der Waals surface area contributed by atoms with E-state index in [4.69, 9.17) is 4.84 Å². The lowest BCUT2D eigenvalue weighted by atomic mass is 9.83. The zero-order chi connectivity index (χ0) is 18.4. The number of oxime groups is 1. The Bertz CT molecular complexity index is 991. The fourth-order valence-electron chi connectivity index (χ4n) is 4.30. The minimum absolute atomic E-state index is 0.0625. The number of nitro benzene ring substituents is 1. The number of benzene rings is 3. The average Bonchev–Trinajstić information content (AvgIpc) is 3.18. The molecule has 0 radical (unpaired) electrons. The van der Waals surface area contributed by atoms with E-state index in [0.29, 0.717) is 0 Å². The van der Waals surface area contributed by atoms with E-state index in [1.807, 2.05) is 36.4 Å². The van der Waals surface area contributed by atoms with Crippen LogP contribution in [-0.2, 0) is 10.3 Å². The van der Waals surface area contributed by atoms with Gasteiger partial charge in [-0.25, -0.2) is 0 Å². The number of fused-ring (bicyclic) bond motifs is 1. The van der Waals surface area contributed by atoms with Crippen LogP contribution in [0.5, 0.6) is 0 Å². The fourth-order valence-corrected chi connectivity index (χ4v) is 4.30. The zero-order valence-electron chi connectivity index (χ0n) is 14.4. The van der Waals surface area contributed by atoms with E-state index in [2.05, 4.69) is 29.4 Å². The predicted molar refractivity (Wildman–Crippen MR) is 102 cm³/mol. The van der Waals surface area contributed by atoms with Gasteiger partial charge in [-0.15, -0.1) is 0 Å². The molecular weight excluding hydrogens is 340 g/mol. The van der Waals surface area contributed by atoms with Gasteiger partial charge in [0.1, 0.15) is 0 Å². The van der Waals surface area contributed by atoms with Crippen molar-refractivity contribution in [1.29, 1.82) is 0 Å². The van der Waals surface area contributed by atoms with Crippen LogP contribution in [0.25, 0.3) is 0 Å². The molecule has 0 aromatic heterocycles. The first-order valence-electron chi connectivity index (χ1n) is 8.82. The third-order valence-electron chi connectivity index (χ3n) is 5.57. The van der Waals surface area contributed by atoms with Crippen LogP contribution in [0.4, 0.5) is 5.69 Å². The van der Waals surface area contributed by atoms with Crippen LogP contribution in [0.3, 0.4) is 0 Å². The summed E-state index contributed by atoms with van der Waals surface area (Å²) in [5, 5.41) is 15.2. The van der Waals surface area contributed by atoms with Crippen LogP contribution in [-0.4, -0.2) is 16.7 Å². The van der Waals surface area contributed by atoms with E-state index in [-0.39, 0.29) is 23.1 Å². The van der Waals surface area contributed by atoms with Gasteiger partial charge in [-0.1, -0.05) is 65.8 Å². The summed E-state index contributed by atoms with van der Waals surface area (Å²) in [6.45, 7) is 0. The standard InChI is InChI=1S/C22H16N2O3/c25-24(26)18-13-11-15(12-14-18)20-19-21(27-23-20)22(19,16-7-3-1-4-8-16)17-9-5-2-6-10-17/h1-14,19,21H/t19-,21-/m1/s1. The second kappa shape index (κ2) is 5.77. The SMILES string of the molecule is O=[N+]([O-])c1ccc(C2=NO[C@@H]3[C@@H]2C3(c2ccccc2)c2ccccc2)cc1. The van der Waals surface area contributed by atoms with Crippen LogP contribution in [0.1, 0.15) is 16.7 Å². The zero-order valence-corrected chi connectivity index (χ0v) is 14.4. The summed E-state index contributed by atoms with van der Waals surface area (Å²) in [5.41, 5.74) is 3.90. The molecular formula is C22H16N2O3. The molecule has 0 unspecified atom stereocenters. The normalized spacial score (nSPS) is 21.7. The number of nitrogens with zero attached hydrogens (tertiary/aromatic N) is 2. The highest BCUT2D eigenvalue weighted by Crippen LogP contribution is 2.64. The number of non-ortho nitro benzene ring substituents is 1. The molecule has 0 bridgehead atoms. The maximum Gasteiger partial charge on any atom is 0.269 e. The van der Waals surface area contributed by atoms with Gasteiger partial charge in [0.15, 0.2) is 6.10 Å². The highest BCUT2D eigenvalue weighted by atomic mass is 16.7. The number of hydrogen-bond acceptors (Lipinski definition) is 4. The smallest absolute Gasteiger partial charge is 0.269 e. The Hall–Kier alpha value is -3.47. The van der Waals surface area contributed by atoms with Crippen molar-refractivity contribution >= 4 is 11.4 Å². The molecule has 3 aromatic carbocycles. The molecule has 3 aromatic rings. The van der Waals surface area contributed by atoms with Gasteiger partial charge in [-0.3, -0.25) is 10.1 Å². The first kappa shape index (κ1) is 15.8. The number of rotatable bonds is 4. The predicted octanol–water partition coefficient (Wildman–Crippen LogP) is 4.31. The van der Waals surface area contributed by atoms with E-state index in [0.717, 1.165) is 11.3 Å². The van der Waals surface area contributed by atoms with Crippen molar-refractivity contribution in [2.45, 2.75) is 11.5 Å². The van der Waals surface area contributed by atoms with E-state index in [1.54, 1.807) is 12.1 Å². The molecule has 27 heavy (non-hydrogen) atoms. The molecule has 132 valence electrons. The quantitative estimate of drug-likeness (QED) is 0.517. The Balaban J connectivity index is 1.59. The molecule has 1 saturated carbocycles. The molecule has 0 N–H and O–H groups in total. The molecule has 2 aliphatic rings. The van der Waals surface area contributed by atoms with Gasteiger partial charge < -0.3 is 4.84 Å². The molecule has 5 heteroatoms. The van der Waals surface area contributed by atoms with Gasteiger partial charge in [-0.05, 0) is 23.3 Å². The fraction of sp³-hybridized carbons (Fsp3) is 0.136. The third kappa shape index (κ3) is 2.21. The van der Waals surface area contributed by atoms with Gasteiger partial charge in [0.2, 0.25) is 0 Å². The number of nitro groups is 1. The minimum atomic E-state index is -0.394. The molecule has 5 nitrogen and oxygen atoms in total. The summed E-state index contributed by atoms with van der Waals surface area (Å²) in [7, 11) is 0. The molecule has 2 atom stereocenters. The van der Waals surface area contributed by atoms with Crippen molar-refractivity contribution in [3.63, 3.8) is 0 Å². The van der Waals surface area contributed by atoms with Crippen molar-refractivity contribution in [2.24, 2.45) is 11.1 Å². The molecule has 0 spiro atoms. The lowest BCUT2D eigenvalue weighted by Crippen LogP contribution is -2.21. The van der Waals surface area contributed by atoms with Gasteiger partial charge >= 0.3 is 0 Å². The van der Waals surface area contributed by atoms with Crippen molar-refractivity contribution in [3.05, 3.63) is 112 Å². The Morgan fingerprint density at radius 2 is 1.41 bits per heavy atom. The summed E-state index contributed by atoms with van der Waals surface area (Å²) in [6, 6.07) is 27.2. The molecule has 1 heterocycles. The van der Waals surface area contributed by atoms with E-state index in [1.165, 1.54) is 23.3 Å². The van der Waals surface area contributed by atoms with Crippen molar-refractivity contribution < 1.29 is 9.76 Å². The van der Waals surface area contributed by atoms with Gasteiger partial charge in [0.05, 0.1) is 22.0 Å². The topological polar surface area (TPSA) is 64.7 Å². The van der Waals surface area contributed by atoms with Gasteiger partial charge in [-0.2, -0.15) is 0 Å². The molecule has 1 aliphatic carbocycles. The van der Waals surface area contributed by atoms with Crippen LogP contribution in [0, 0.1) is 16.0 Å². The second-order valence-electron chi connectivity index (χ2n) is 6.89. The van der Waals surface area contributed by atoms with Crippen LogP contribution >= 0.6 is 0 Å². The molecule has 1 fully saturated rings. The molecule has 1 aliphatic heterocycles. The van der Waals surface area contributed by atoms with Crippen molar-refractivity contribution in [3.8, 4) is 0 Å². The van der Waals surface area contributed by atoms with Crippen LogP contribution < -0.4 is 0 Å². The summed E-state index contributed by atoms with van der Waals surface area (Å²) >= 11 is 0. The van der Waals surface area contributed by atoms with Gasteiger partial charge in [0.25, 0.3) is 5.69 Å². The Kier molecular flexibility index (Phi) is 3.37. The van der Waals surface area contributed by atoms with Crippen LogP contribution in [0.15, 0.2) is 90.1 Å². The van der Waals surface area contributed by atoms with Crippen LogP contribution in [0.2, 0.25) is 0 Å². The average molecular weight is 356 g/mol. The maximum atomic E-state index is 10.9. The summed E-state index contributed by atoms with van der Waals surface area (Å²) < 4.78 is 0. The molecule has 5 rings (SSSR count). The highest BCUT2D eigenvalue weighted by Gasteiger charge is 2.73. The lowest BCUT2D eigenvalue weighted by molar-refractivity contribution is -0.384.